The molecule has 0 spiro atoms. The number of aromatic nitrogens is 2. The highest BCUT2D eigenvalue weighted by molar-refractivity contribution is 6.31. The molecule has 16 heavy (non-hydrogen) atoms. The highest BCUT2D eigenvalue weighted by Crippen LogP contribution is 2.29. The Morgan fingerprint density at radius 2 is 2.38 bits per heavy atom. The van der Waals surface area contributed by atoms with E-state index in [1.54, 1.807) is 4.68 Å². The smallest absolute Gasteiger partial charge is 0.0883 e. The number of hydrogen-bond donors (Lipinski definition) is 1. The molecule has 1 N–H and O–H groups in total. The molecule has 1 aromatic rings. The van der Waals surface area contributed by atoms with Gasteiger partial charge in [-0.05, 0) is 26.2 Å². The largest absolute Gasteiger partial charge is 0.385 e. The third-order valence-electron chi connectivity index (χ3n) is 3.14. The van der Waals surface area contributed by atoms with Crippen molar-refractivity contribution in [2.75, 3.05) is 0 Å². The summed E-state index contributed by atoms with van der Waals surface area (Å²) < 4.78 is 1.76. The van der Waals surface area contributed by atoms with Crippen molar-refractivity contribution >= 4 is 11.6 Å². The first-order chi connectivity index (χ1) is 7.52. The van der Waals surface area contributed by atoms with Gasteiger partial charge in [0.2, 0.25) is 0 Å². The third kappa shape index (κ3) is 2.15. The van der Waals surface area contributed by atoms with E-state index in [2.05, 4.69) is 5.10 Å². The van der Waals surface area contributed by atoms with Crippen LogP contribution in [0.2, 0.25) is 5.02 Å². The van der Waals surface area contributed by atoms with Crippen molar-refractivity contribution in [1.82, 2.24) is 9.78 Å². The molecule has 2 rings (SSSR count). The summed E-state index contributed by atoms with van der Waals surface area (Å²) in [5.74, 6) is 0. The molecule has 0 fully saturated rings. The molecule has 0 aliphatic heterocycles. The molecule has 88 valence electrons. The number of allylic oxidation sites excluding steroid dienone is 1. The Bertz CT molecular complexity index is 425. The van der Waals surface area contributed by atoms with Gasteiger partial charge in [-0.1, -0.05) is 23.8 Å². The molecular weight excluding hydrogens is 224 g/mol. The molecule has 4 heteroatoms. The zero-order valence-electron chi connectivity index (χ0n) is 9.70. The van der Waals surface area contributed by atoms with E-state index in [0.29, 0.717) is 11.4 Å². The van der Waals surface area contributed by atoms with E-state index in [1.807, 2.05) is 26.1 Å². The lowest BCUT2D eigenvalue weighted by molar-refractivity contribution is 0.0732. The molecule has 0 saturated carbocycles. The number of aliphatic hydroxyl groups is 1. The quantitative estimate of drug-likeness (QED) is 0.807. The van der Waals surface area contributed by atoms with Crippen molar-refractivity contribution in [1.29, 1.82) is 0 Å². The van der Waals surface area contributed by atoms with Crippen LogP contribution >= 0.6 is 11.6 Å². The van der Waals surface area contributed by atoms with Gasteiger partial charge in [0.1, 0.15) is 0 Å². The summed E-state index contributed by atoms with van der Waals surface area (Å²) in [6, 6.07) is 0. The van der Waals surface area contributed by atoms with Gasteiger partial charge in [-0.25, -0.2) is 0 Å². The molecule has 1 atom stereocenters. The van der Waals surface area contributed by atoms with Crippen LogP contribution in [0, 0.1) is 6.92 Å². The molecule has 0 bridgehead atoms. The topological polar surface area (TPSA) is 38.0 Å². The fraction of sp³-hybridized carbons (Fsp3) is 0.583. The molecular formula is C12H17ClN2O. The van der Waals surface area contributed by atoms with Crippen LogP contribution in [0.3, 0.4) is 0 Å². The van der Waals surface area contributed by atoms with E-state index in [4.69, 9.17) is 11.6 Å². The van der Waals surface area contributed by atoms with Crippen LogP contribution in [0.4, 0.5) is 0 Å². The van der Waals surface area contributed by atoms with Crippen LogP contribution in [-0.4, -0.2) is 20.5 Å². The van der Waals surface area contributed by atoms with Gasteiger partial charge in [0.15, 0.2) is 0 Å². The summed E-state index contributed by atoms with van der Waals surface area (Å²) >= 11 is 6.18. The first-order valence-corrected chi connectivity index (χ1v) is 5.98. The van der Waals surface area contributed by atoms with Crippen molar-refractivity contribution in [2.24, 2.45) is 7.05 Å². The molecule has 0 aromatic carbocycles. The normalized spacial score (nSPS) is 25.0. The van der Waals surface area contributed by atoms with Crippen LogP contribution in [-0.2, 0) is 13.5 Å². The second-order valence-electron chi connectivity index (χ2n) is 4.54. The van der Waals surface area contributed by atoms with Crippen LogP contribution in [0.25, 0.3) is 0 Å². The minimum Gasteiger partial charge on any atom is -0.385 e. The summed E-state index contributed by atoms with van der Waals surface area (Å²) in [7, 11) is 1.87. The van der Waals surface area contributed by atoms with Crippen LogP contribution in [0.5, 0.6) is 0 Å². The van der Waals surface area contributed by atoms with Gasteiger partial charge < -0.3 is 5.11 Å². The number of aryl methyl sites for hydroxylation is 2. The summed E-state index contributed by atoms with van der Waals surface area (Å²) in [5, 5.41) is 15.3. The first-order valence-electron chi connectivity index (χ1n) is 5.60. The van der Waals surface area contributed by atoms with Gasteiger partial charge in [0, 0.05) is 13.5 Å². The summed E-state index contributed by atoms with van der Waals surface area (Å²) in [6.45, 7) is 1.88. The van der Waals surface area contributed by atoms with Crippen molar-refractivity contribution in [3.05, 3.63) is 28.6 Å². The van der Waals surface area contributed by atoms with Gasteiger partial charge in [-0.3, -0.25) is 4.68 Å². The molecule has 0 amide bonds. The van der Waals surface area contributed by atoms with E-state index in [9.17, 15) is 5.11 Å². The van der Waals surface area contributed by atoms with Crippen molar-refractivity contribution in [3.8, 4) is 0 Å². The predicted molar refractivity (Wildman–Crippen MR) is 64.6 cm³/mol. The van der Waals surface area contributed by atoms with E-state index in [-0.39, 0.29) is 0 Å². The maximum Gasteiger partial charge on any atom is 0.0883 e. The van der Waals surface area contributed by atoms with Gasteiger partial charge >= 0.3 is 0 Å². The lowest BCUT2D eigenvalue weighted by Crippen LogP contribution is -2.31. The van der Waals surface area contributed by atoms with E-state index in [1.165, 1.54) is 0 Å². The Kier molecular flexibility index (Phi) is 3.08. The van der Waals surface area contributed by atoms with Crippen molar-refractivity contribution in [2.45, 2.75) is 38.2 Å². The molecule has 3 nitrogen and oxygen atoms in total. The monoisotopic (exact) mass is 240 g/mol. The van der Waals surface area contributed by atoms with Crippen LogP contribution < -0.4 is 0 Å². The maximum absolute atomic E-state index is 10.4. The fourth-order valence-electron chi connectivity index (χ4n) is 2.22. The minimum atomic E-state index is -0.748. The average Bonchev–Trinajstić information content (AvgIpc) is 2.46. The van der Waals surface area contributed by atoms with Gasteiger partial charge in [0.25, 0.3) is 0 Å². The number of halogens is 1. The first kappa shape index (κ1) is 11.7. The van der Waals surface area contributed by atoms with E-state index in [0.717, 1.165) is 30.7 Å². The lowest BCUT2D eigenvalue weighted by Gasteiger charge is -2.27. The molecule has 1 aliphatic rings. The van der Waals surface area contributed by atoms with Gasteiger partial charge in [0.05, 0.1) is 22.0 Å². The molecule has 1 heterocycles. The Morgan fingerprint density at radius 1 is 1.62 bits per heavy atom. The Hall–Kier alpha value is -0.800. The van der Waals surface area contributed by atoms with Gasteiger partial charge in [-0.2, -0.15) is 5.10 Å². The Labute approximate surface area is 101 Å². The second-order valence-corrected chi connectivity index (χ2v) is 4.92. The summed E-state index contributed by atoms with van der Waals surface area (Å²) in [4.78, 5) is 0. The number of rotatable bonds is 2. The molecule has 1 aromatic heterocycles. The Morgan fingerprint density at radius 3 is 2.88 bits per heavy atom. The van der Waals surface area contributed by atoms with Crippen molar-refractivity contribution in [3.63, 3.8) is 0 Å². The maximum atomic E-state index is 10.4. The average molecular weight is 241 g/mol. The molecule has 0 saturated heterocycles. The van der Waals surface area contributed by atoms with E-state index < -0.39 is 5.60 Å². The zero-order valence-corrected chi connectivity index (χ0v) is 10.5. The summed E-state index contributed by atoms with van der Waals surface area (Å²) in [6.07, 6.45) is 7.36. The predicted octanol–water partition coefficient (Wildman–Crippen LogP) is 2.40. The van der Waals surface area contributed by atoms with E-state index >= 15 is 0 Å². The lowest BCUT2D eigenvalue weighted by atomic mass is 9.87. The highest BCUT2D eigenvalue weighted by Gasteiger charge is 2.28. The third-order valence-corrected chi connectivity index (χ3v) is 3.64. The fourth-order valence-corrected chi connectivity index (χ4v) is 2.45. The van der Waals surface area contributed by atoms with Gasteiger partial charge in [-0.15, -0.1) is 0 Å². The van der Waals surface area contributed by atoms with Crippen LogP contribution in [0.1, 0.15) is 30.7 Å². The number of hydrogen-bond acceptors (Lipinski definition) is 2. The summed E-state index contributed by atoms with van der Waals surface area (Å²) in [5.41, 5.74) is 0.984. The zero-order chi connectivity index (χ0) is 11.8. The van der Waals surface area contributed by atoms with Crippen molar-refractivity contribution < 1.29 is 5.11 Å². The number of nitrogens with zero attached hydrogens (tertiary/aromatic N) is 2. The second kappa shape index (κ2) is 4.22. The Balaban J connectivity index is 2.26. The molecule has 1 aliphatic carbocycles. The van der Waals surface area contributed by atoms with Crippen LogP contribution in [0.15, 0.2) is 12.2 Å². The molecule has 1 unspecified atom stereocenters. The minimum absolute atomic E-state index is 0.541. The SMILES string of the molecule is Cc1nn(C)c(CC2(O)C=CCCC2)c1Cl. The standard InChI is InChI=1S/C12H17ClN2O/c1-9-11(13)10(15(2)14-9)8-12(16)6-4-3-5-7-12/h4,6,16H,3,5,7-8H2,1-2H3. The molecule has 0 radical (unpaired) electrons. The highest BCUT2D eigenvalue weighted by atomic mass is 35.5.